The minimum Gasteiger partial charge on any atom is -0.295 e. The summed E-state index contributed by atoms with van der Waals surface area (Å²) >= 11 is 0. The maximum Gasteiger partial charge on any atom is 0.278 e. The van der Waals surface area contributed by atoms with Gasteiger partial charge in [-0.05, 0) is 32.1 Å². The molecule has 0 unspecified atom stereocenters. The molecule has 0 fully saturated rings. The van der Waals surface area contributed by atoms with E-state index in [2.05, 4.69) is 15.6 Å². The van der Waals surface area contributed by atoms with Crippen molar-refractivity contribution in [3.8, 4) is 5.69 Å². The summed E-state index contributed by atoms with van der Waals surface area (Å²) in [6.07, 6.45) is 1.58. The van der Waals surface area contributed by atoms with Crippen molar-refractivity contribution in [2.45, 2.75) is 13.8 Å². The first-order valence-electron chi connectivity index (χ1n) is 6.51. The predicted molar refractivity (Wildman–Crippen MR) is 80.4 cm³/mol. The van der Waals surface area contributed by atoms with Crippen LogP contribution in [0.25, 0.3) is 11.8 Å². The van der Waals surface area contributed by atoms with E-state index in [4.69, 9.17) is 0 Å². The molecule has 1 amide bonds. The van der Waals surface area contributed by atoms with Crippen LogP contribution in [0.3, 0.4) is 0 Å². The lowest BCUT2D eigenvalue weighted by atomic mass is 10.1. The molecule has 1 aromatic carbocycles. The van der Waals surface area contributed by atoms with E-state index in [1.807, 2.05) is 30.3 Å². The van der Waals surface area contributed by atoms with Crippen molar-refractivity contribution in [2.24, 2.45) is 5.10 Å². The van der Waals surface area contributed by atoms with Gasteiger partial charge in [0, 0.05) is 5.69 Å². The molecule has 0 saturated heterocycles. The summed E-state index contributed by atoms with van der Waals surface area (Å²) in [6, 6.07) is 9.27. The number of rotatable bonds is 2. The van der Waals surface area contributed by atoms with Gasteiger partial charge >= 0.3 is 0 Å². The Labute approximate surface area is 120 Å². The van der Waals surface area contributed by atoms with Crippen LogP contribution in [0.2, 0.25) is 0 Å². The molecule has 1 aromatic heterocycles. The number of nitrogens with zero attached hydrogens (tertiary/aromatic N) is 2. The first-order chi connectivity index (χ1) is 10.1. The maximum atomic E-state index is 12.5. The van der Waals surface area contributed by atoms with Crippen molar-refractivity contribution in [3.05, 3.63) is 57.5 Å². The third-order valence-corrected chi connectivity index (χ3v) is 3.38. The highest BCUT2D eigenvalue weighted by molar-refractivity contribution is 6.26. The number of H-pyrrole nitrogens is 1. The third-order valence-electron chi connectivity index (χ3n) is 3.38. The molecule has 0 bridgehead atoms. The van der Waals surface area contributed by atoms with E-state index in [1.165, 1.54) is 4.68 Å². The number of carbonyl (C=O) groups excluding carboxylic acids is 1. The van der Waals surface area contributed by atoms with Crippen LogP contribution >= 0.6 is 0 Å². The summed E-state index contributed by atoms with van der Waals surface area (Å²) in [5, 5.41) is 6.87. The summed E-state index contributed by atoms with van der Waals surface area (Å²) in [6.45, 7) is 3.52. The lowest BCUT2D eigenvalue weighted by Crippen LogP contribution is -2.17. The molecule has 2 N–H and O–H groups in total. The Bertz CT molecular complexity index is 825. The van der Waals surface area contributed by atoms with Crippen molar-refractivity contribution < 1.29 is 4.79 Å². The number of carbonyl (C=O) groups is 1. The Kier molecular flexibility index (Phi) is 3.06. The zero-order valence-corrected chi connectivity index (χ0v) is 11.7. The van der Waals surface area contributed by atoms with Gasteiger partial charge in [0.05, 0.1) is 22.5 Å². The van der Waals surface area contributed by atoms with Crippen LogP contribution in [0.4, 0.5) is 0 Å². The highest BCUT2D eigenvalue weighted by atomic mass is 16.2. The standard InChI is InChI=1S/C15H14N4O2/c1-9-12(14(20)17-16-9)8-13-10(2)18-19(15(13)21)11-6-4-3-5-7-11/h3-8,18H,1-2H3,(H,17,20)/b12-8-. The Morgan fingerprint density at radius 2 is 1.86 bits per heavy atom. The van der Waals surface area contributed by atoms with Crippen molar-refractivity contribution >= 4 is 17.7 Å². The quantitative estimate of drug-likeness (QED) is 0.816. The number of aromatic nitrogens is 2. The number of para-hydroxylation sites is 1. The molecule has 3 rings (SSSR count). The Morgan fingerprint density at radius 1 is 1.14 bits per heavy atom. The van der Waals surface area contributed by atoms with Crippen LogP contribution in [0.15, 0.2) is 45.8 Å². The van der Waals surface area contributed by atoms with Gasteiger partial charge in [-0.15, -0.1) is 0 Å². The van der Waals surface area contributed by atoms with E-state index in [-0.39, 0.29) is 11.5 Å². The number of hydrazone groups is 1. The first kappa shape index (κ1) is 13.1. The minimum atomic E-state index is -0.293. The summed E-state index contributed by atoms with van der Waals surface area (Å²) in [7, 11) is 0. The molecule has 2 aromatic rings. The normalized spacial score (nSPS) is 16.2. The van der Waals surface area contributed by atoms with Crippen LogP contribution in [0.5, 0.6) is 0 Å². The van der Waals surface area contributed by atoms with Gasteiger partial charge in [0.15, 0.2) is 0 Å². The maximum absolute atomic E-state index is 12.5. The van der Waals surface area contributed by atoms with Crippen LogP contribution < -0.4 is 11.0 Å². The molecule has 2 heterocycles. The molecule has 0 radical (unpaired) electrons. The van der Waals surface area contributed by atoms with Crippen LogP contribution in [0, 0.1) is 6.92 Å². The van der Waals surface area contributed by atoms with Gasteiger partial charge in [-0.2, -0.15) is 5.10 Å². The van der Waals surface area contributed by atoms with Crippen LogP contribution in [0.1, 0.15) is 18.2 Å². The zero-order valence-electron chi connectivity index (χ0n) is 11.7. The SMILES string of the molecule is CC1=NNC(=O)/C1=C\c1c(C)[nH]n(-c2ccccc2)c1=O. The molecule has 21 heavy (non-hydrogen) atoms. The number of nitrogens with one attached hydrogen (secondary N) is 2. The molecule has 106 valence electrons. The second-order valence-electron chi connectivity index (χ2n) is 4.82. The van der Waals surface area contributed by atoms with E-state index in [1.54, 1.807) is 19.9 Å². The van der Waals surface area contributed by atoms with Crippen LogP contribution in [-0.4, -0.2) is 21.4 Å². The van der Waals surface area contributed by atoms with Crippen molar-refractivity contribution in [3.63, 3.8) is 0 Å². The second-order valence-corrected chi connectivity index (χ2v) is 4.82. The molecular weight excluding hydrogens is 268 g/mol. The van der Waals surface area contributed by atoms with Crippen molar-refractivity contribution in [1.82, 2.24) is 15.2 Å². The molecule has 1 aliphatic rings. The number of hydrogen-bond acceptors (Lipinski definition) is 3. The smallest absolute Gasteiger partial charge is 0.278 e. The van der Waals surface area contributed by atoms with Gasteiger partial charge in [-0.25, -0.2) is 10.1 Å². The van der Waals surface area contributed by atoms with E-state index in [9.17, 15) is 9.59 Å². The zero-order chi connectivity index (χ0) is 15.0. The topological polar surface area (TPSA) is 79.2 Å². The van der Waals surface area contributed by atoms with Gasteiger partial charge in [0.1, 0.15) is 0 Å². The number of amides is 1. The number of benzene rings is 1. The summed E-state index contributed by atoms with van der Waals surface area (Å²) < 4.78 is 1.46. The average Bonchev–Trinajstić information content (AvgIpc) is 2.95. The Morgan fingerprint density at radius 3 is 2.48 bits per heavy atom. The molecule has 6 heteroatoms. The van der Waals surface area contributed by atoms with Crippen molar-refractivity contribution in [1.29, 1.82) is 0 Å². The van der Waals surface area contributed by atoms with Crippen LogP contribution in [-0.2, 0) is 4.79 Å². The highest BCUT2D eigenvalue weighted by Crippen LogP contribution is 2.13. The molecule has 0 atom stereocenters. The summed E-state index contributed by atoms with van der Waals surface area (Å²) in [4.78, 5) is 24.2. The van der Waals surface area contributed by atoms with Gasteiger partial charge in [0.25, 0.3) is 11.5 Å². The lowest BCUT2D eigenvalue weighted by molar-refractivity contribution is -0.116. The number of hydrogen-bond donors (Lipinski definition) is 2. The van der Waals surface area contributed by atoms with Gasteiger partial charge in [-0.1, -0.05) is 18.2 Å². The van der Waals surface area contributed by atoms with E-state index in [0.29, 0.717) is 22.5 Å². The van der Waals surface area contributed by atoms with Gasteiger partial charge in [0.2, 0.25) is 0 Å². The minimum absolute atomic E-state index is 0.196. The molecule has 0 spiro atoms. The van der Waals surface area contributed by atoms with E-state index >= 15 is 0 Å². The first-order valence-corrected chi connectivity index (χ1v) is 6.51. The summed E-state index contributed by atoms with van der Waals surface area (Å²) in [5.74, 6) is -0.293. The van der Waals surface area contributed by atoms with Gasteiger partial charge in [-0.3, -0.25) is 14.7 Å². The summed E-state index contributed by atoms with van der Waals surface area (Å²) in [5.41, 5.74) is 5.07. The molecule has 0 aliphatic carbocycles. The monoisotopic (exact) mass is 282 g/mol. The molecule has 1 aliphatic heterocycles. The molecular formula is C15H14N4O2. The number of aromatic amines is 1. The molecule has 6 nitrogen and oxygen atoms in total. The second kappa shape index (κ2) is 4.90. The fourth-order valence-corrected chi connectivity index (χ4v) is 2.22. The Hall–Kier alpha value is -2.89. The predicted octanol–water partition coefficient (Wildman–Crippen LogP) is 1.36. The fraction of sp³-hybridized carbons (Fsp3) is 0.133. The number of aryl methyl sites for hydroxylation is 1. The van der Waals surface area contributed by atoms with Gasteiger partial charge < -0.3 is 0 Å². The third kappa shape index (κ3) is 2.20. The van der Waals surface area contributed by atoms with E-state index < -0.39 is 0 Å². The fourth-order valence-electron chi connectivity index (χ4n) is 2.22. The highest BCUT2D eigenvalue weighted by Gasteiger charge is 2.20. The Balaban J connectivity index is 2.12. The lowest BCUT2D eigenvalue weighted by Gasteiger charge is -1.99. The van der Waals surface area contributed by atoms with Crippen molar-refractivity contribution in [2.75, 3.05) is 0 Å². The average molecular weight is 282 g/mol. The largest absolute Gasteiger partial charge is 0.295 e. The van der Waals surface area contributed by atoms with E-state index in [0.717, 1.165) is 5.69 Å². The molecule has 0 saturated carbocycles.